The lowest BCUT2D eigenvalue weighted by Gasteiger charge is -2.54. The third-order valence-corrected chi connectivity index (χ3v) is 6.62. The molecule has 2 aliphatic carbocycles. The van der Waals surface area contributed by atoms with Gasteiger partial charge in [-0.15, -0.1) is 5.10 Å². The van der Waals surface area contributed by atoms with E-state index >= 15 is 0 Å². The van der Waals surface area contributed by atoms with Crippen molar-refractivity contribution in [2.24, 2.45) is 33.0 Å². The molecule has 0 amide bonds. The Hall–Kier alpha value is -1.84. The highest BCUT2D eigenvalue weighted by Gasteiger charge is 2.51. The predicted molar refractivity (Wildman–Crippen MR) is 106 cm³/mol. The third-order valence-electron chi connectivity index (χ3n) is 6.62. The highest BCUT2D eigenvalue weighted by Crippen LogP contribution is 2.56. The van der Waals surface area contributed by atoms with Crippen molar-refractivity contribution in [3.8, 4) is 0 Å². The molecule has 0 bridgehead atoms. The van der Waals surface area contributed by atoms with E-state index in [1.807, 2.05) is 6.21 Å². The molecule has 2 aliphatic rings. The second kappa shape index (κ2) is 6.47. The molecule has 1 saturated carbocycles. The number of fused-ring (bicyclic) bond motifs is 3. The van der Waals surface area contributed by atoms with Crippen LogP contribution in [0.25, 0.3) is 0 Å². The molecule has 0 heterocycles. The fourth-order valence-electron chi connectivity index (χ4n) is 5.30. The zero-order chi connectivity index (χ0) is 18.2. The Morgan fingerprint density at radius 3 is 2.68 bits per heavy atom. The zero-order valence-corrected chi connectivity index (χ0v) is 16.0. The van der Waals surface area contributed by atoms with Gasteiger partial charge in [0.2, 0.25) is 5.96 Å². The Balaban J connectivity index is 1.98. The summed E-state index contributed by atoms with van der Waals surface area (Å²) in [4.78, 5) is 0. The van der Waals surface area contributed by atoms with E-state index in [9.17, 15) is 0 Å². The van der Waals surface area contributed by atoms with Crippen LogP contribution in [0, 0.1) is 11.3 Å². The van der Waals surface area contributed by atoms with E-state index < -0.39 is 0 Å². The molecule has 3 atom stereocenters. The van der Waals surface area contributed by atoms with Crippen molar-refractivity contribution in [2.75, 3.05) is 0 Å². The molecule has 0 aromatic heterocycles. The monoisotopic (exact) mass is 340 g/mol. The lowest BCUT2D eigenvalue weighted by molar-refractivity contribution is 0.0809. The lowest BCUT2D eigenvalue weighted by Crippen LogP contribution is -2.49. The van der Waals surface area contributed by atoms with Crippen LogP contribution in [0.5, 0.6) is 0 Å². The molecule has 0 aliphatic heterocycles. The Bertz CT molecular complexity index is 702. The summed E-state index contributed by atoms with van der Waals surface area (Å²) < 4.78 is 0. The molecule has 136 valence electrons. The number of nitrogens with zero attached hydrogens (tertiary/aromatic N) is 2. The SMILES string of the molecule is CC(C)c1ccc2c(c1)CCC1[C@@](C)(C=NN=C(N)N)CCC[C@]21C. The minimum Gasteiger partial charge on any atom is -0.369 e. The van der Waals surface area contributed by atoms with Crippen LogP contribution in [0.4, 0.5) is 0 Å². The van der Waals surface area contributed by atoms with Gasteiger partial charge in [-0.05, 0) is 59.6 Å². The molecule has 1 aromatic carbocycles. The number of hydrogen-bond acceptors (Lipinski definition) is 2. The highest BCUT2D eigenvalue weighted by molar-refractivity contribution is 5.76. The maximum Gasteiger partial charge on any atom is 0.211 e. The average molecular weight is 341 g/mol. The summed E-state index contributed by atoms with van der Waals surface area (Å²) in [5.74, 6) is 1.18. The van der Waals surface area contributed by atoms with Crippen LogP contribution in [0.3, 0.4) is 0 Å². The molecule has 4 nitrogen and oxygen atoms in total. The van der Waals surface area contributed by atoms with E-state index in [4.69, 9.17) is 11.5 Å². The van der Waals surface area contributed by atoms with Crippen molar-refractivity contribution >= 4 is 12.2 Å². The summed E-state index contributed by atoms with van der Waals surface area (Å²) in [5.41, 5.74) is 15.7. The summed E-state index contributed by atoms with van der Waals surface area (Å²) in [6.45, 7) is 9.32. The average Bonchev–Trinajstić information content (AvgIpc) is 2.53. The first-order valence-corrected chi connectivity index (χ1v) is 9.53. The predicted octanol–water partition coefficient (Wildman–Crippen LogP) is 4.08. The van der Waals surface area contributed by atoms with Gasteiger partial charge in [0.15, 0.2) is 0 Å². The van der Waals surface area contributed by atoms with E-state index in [0.29, 0.717) is 11.8 Å². The first-order chi connectivity index (χ1) is 11.8. The quantitative estimate of drug-likeness (QED) is 0.494. The summed E-state index contributed by atoms with van der Waals surface area (Å²) in [6.07, 6.45) is 7.97. The second-order valence-corrected chi connectivity index (χ2v) is 8.71. The van der Waals surface area contributed by atoms with Gasteiger partial charge in [0.25, 0.3) is 0 Å². The molecule has 1 fully saturated rings. The Kier molecular flexibility index (Phi) is 4.65. The number of aryl methyl sites for hydroxylation is 1. The maximum atomic E-state index is 5.42. The molecule has 25 heavy (non-hydrogen) atoms. The largest absolute Gasteiger partial charge is 0.369 e. The van der Waals surface area contributed by atoms with Crippen molar-refractivity contribution in [2.45, 2.75) is 71.1 Å². The van der Waals surface area contributed by atoms with Crippen LogP contribution in [0.2, 0.25) is 0 Å². The summed E-state index contributed by atoms with van der Waals surface area (Å²) >= 11 is 0. The molecular weight excluding hydrogens is 308 g/mol. The van der Waals surface area contributed by atoms with Crippen LogP contribution < -0.4 is 11.5 Å². The molecule has 0 radical (unpaired) electrons. The summed E-state index contributed by atoms with van der Waals surface area (Å²) in [6, 6.07) is 7.17. The molecule has 0 saturated heterocycles. The third kappa shape index (κ3) is 3.19. The van der Waals surface area contributed by atoms with E-state index in [2.05, 4.69) is 56.1 Å². The van der Waals surface area contributed by atoms with Crippen molar-refractivity contribution in [3.05, 3.63) is 34.9 Å². The fraction of sp³-hybridized carbons (Fsp3) is 0.619. The standard InChI is InChI=1S/C21H32N4/c1-14(2)15-6-8-17-16(12-15)7-9-18-20(3,13-24-25-19(22)23)10-5-11-21(17,18)4/h6,8,12-14,18H,5,7,9-11H2,1-4H3,(H4,22,23,25)/t18?,20-,21-/m1/s1. The van der Waals surface area contributed by atoms with Crippen molar-refractivity contribution < 1.29 is 0 Å². The number of hydrogen-bond donors (Lipinski definition) is 2. The van der Waals surface area contributed by atoms with Gasteiger partial charge in [-0.1, -0.05) is 52.3 Å². The fourth-order valence-corrected chi connectivity index (χ4v) is 5.30. The molecule has 1 aromatic rings. The van der Waals surface area contributed by atoms with Gasteiger partial charge in [-0.25, -0.2) is 0 Å². The lowest BCUT2D eigenvalue weighted by atomic mass is 9.50. The Labute approximate surface area is 151 Å². The van der Waals surface area contributed by atoms with Gasteiger partial charge in [0.05, 0.1) is 0 Å². The van der Waals surface area contributed by atoms with Gasteiger partial charge >= 0.3 is 0 Å². The number of guanidine groups is 1. The van der Waals surface area contributed by atoms with Crippen LogP contribution in [0.1, 0.15) is 76.0 Å². The van der Waals surface area contributed by atoms with Gasteiger partial charge < -0.3 is 11.5 Å². The van der Waals surface area contributed by atoms with E-state index in [1.165, 1.54) is 24.8 Å². The second-order valence-electron chi connectivity index (χ2n) is 8.71. The van der Waals surface area contributed by atoms with E-state index in [-0.39, 0.29) is 16.8 Å². The molecule has 3 rings (SSSR count). The number of nitrogens with two attached hydrogens (primary N) is 2. The molecule has 1 unspecified atom stereocenters. The van der Waals surface area contributed by atoms with Gasteiger partial charge in [0.1, 0.15) is 0 Å². The minimum atomic E-state index is 0.0219. The normalized spacial score (nSPS) is 31.6. The van der Waals surface area contributed by atoms with Crippen LogP contribution >= 0.6 is 0 Å². The maximum absolute atomic E-state index is 5.42. The van der Waals surface area contributed by atoms with Crippen molar-refractivity contribution in [1.29, 1.82) is 0 Å². The number of benzene rings is 1. The van der Waals surface area contributed by atoms with Crippen LogP contribution in [-0.4, -0.2) is 12.2 Å². The molecule has 4 heteroatoms. The van der Waals surface area contributed by atoms with Crippen molar-refractivity contribution in [1.82, 2.24) is 0 Å². The summed E-state index contributed by atoms with van der Waals surface area (Å²) in [5, 5.41) is 8.04. The first-order valence-electron chi connectivity index (χ1n) is 9.53. The van der Waals surface area contributed by atoms with E-state index in [0.717, 1.165) is 12.8 Å². The topological polar surface area (TPSA) is 76.8 Å². The van der Waals surface area contributed by atoms with Crippen molar-refractivity contribution in [3.63, 3.8) is 0 Å². The molecule has 4 N–H and O–H groups in total. The number of rotatable bonds is 3. The van der Waals surface area contributed by atoms with Crippen LogP contribution in [-0.2, 0) is 11.8 Å². The molecular formula is C21H32N4. The zero-order valence-electron chi connectivity index (χ0n) is 16.0. The minimum absolute atomic E-state index is 0.0219. The summed E-state index contributed by atoms with van der Waals surface area (Å²) in [7, 11) is 0. The van der Waals surface area contributed by atoms with Gasteiger partial charge in [-0.3, -0.25) is 0 Å². The van der Waals surface area contributed by atoms with Gasteiger partial charge in [-0.2, -0.15) is 5.10 Å². The smallest absolute Gasteiger partial charge is 0.211 e. The Morgan fingerprint density at radius 2 is 2.00 bits per heavy atom. The highest BCUT2D eigenvalue weighted by atomic mass is 15.3. The van der Waals surface area contributed by atoms with Gasteiger partial charge in [0, 0.05) is 11.6 Å². The molecule has 0 spiro atoms. The van der Waals surface area contributed by atoms with E-state index in [1.54, 1.807) is 11.1 Å². The first kappa shape index (κ1) is 18.0. The Morgan fingerprint density at radius 1 is 1.24 bits per heavy atom. The van der Waals surface area contributed by atoms with Crippen LogP contribution in [0.15, 0.2) is 28.4 Å².